The maximum atomic E-state index is 5.21. The van der Waals surface area contributed by atoms with Crippen molar-refractivity contribution in [3.8, 4) is 0 Å². The zero-order valence-corrected chi connectivity index (χ0v) is 12.2. The molecule has 0 saturated heterocycles. The van der Waals surface area contributed by atoms with E-state index in [0.29, 0.717) is 6.04 Å². The van der Waals surface area contributed by atoms with Crippen LogP contribution in [0, 0.1) is 0 Å². The standard InChI is InChI=1S/C15H25N3O/c1-12(2)18(8-9-19-3)15-11-16-7-6-13(15)10-17-14-4-5-14/h6-7,11-12,14,17H,4-5,8-10H2,1-3H3. The first-order valence-corrected chi connectivity index (χ1v) is 7.14. The monoisotopic (exact) mass is 263 g/mol. The summed E-state index contributed by atoms with van der Waals surface area (Å²) in [6, 6.07) is 3.29. The Balaban J connectivity index is 2.09. The smallest absolute Gasteiger partial charge is 0.0637 e. The van der Waals surface area contributed by atoms with Crippen molar-refractivity contribution in [2.24, 2.45) is 0 Å². The van der Waals surface area contributed by atoms with Gasteiger partial charge in [-0.3, -0.25) is 4.98 Å². The molecular weight excluding hydrogens is 238 g/mol. The normalized spacial score (nSPS) is 14.9. The molecule has 0 aromatic carbocycles. The van der Waals surface area contributed by atoms with Crippen molar-refractivity contribution in [3.63, 3.8) is 0 Å². The van der Waals surface area contributed by atoms with E-state index in [-0.39, 0.29) is 0 Å². The summed E-state index contributed by atoms with van der Waals surface area (Å²) in [6.07, 6.45) is 6.48. The maximum Gasteiger partial charge on any atom is 0.0637 e. The number of nitrogens with one attached hydrogen (secondary N) is 1. The van der Waals surface area contributed by atoms with Crippen LogP contribution in [0.2, 0.25) is 0 Å². The lowest BCUT2D eigenvalue weighted by atomic mass is 10.1. The molecule has 0 spiro atoms. The Morgan fingerprint density at radius 3 is 2.89 bits per heavy atom. The fourth-order valence-electron chi connectivity index (χ4n) is 2.21. The molecule has 0 atom stereocenters. The average molecular weight is 263 g/mol. The molecule has 0 radical (unpaired) electrons. The van der Waals surface area contributed by atoms with Crippen LogP contribution >= 0.6 is 0 Å². The predicted molar refractivity (Wildman–Crippen MR) is 78.5 cm³/mol. The second kappa shape index (κ2) is 6.87. The Morgan fingerprint density at radius 2 is 2.26 bits per heavy atom. The Morgan fingerprint density at radius 1 is 1.47 bits per heavy atom. The molecule has 1 aromatic heterocycles. The third-order valence-corrected chi connectivity index (χ3v) is 3.52. The van der Waals surface area contributed by atoms with Gasteiger partial charge in [-0.25, -0.2) is 0 Å². The van der Waals surface area contributed by atoms with Crippen molar-refractivity contribution >= 4 is 5.69 Å². The molecule has 1 aromatic rings. The molecule has 0 bridgehead atoms. The number of hydrogen-bond acceptors (Lipinski definition) is 4. The molecule has 2 rings (SSSR count). The van der Waals surface area contributed by atoms with E-state index >= 15 is 0 Å². The summed E-state index contributed by atoms with van der Waals surface area (Å²) in [5.74, 6) is 0. The summed E-state index contributed by atoms with van der Waals surface area (Å²) >= 11 is 0. The van der Waals surface area contributed by atoms with E-state index in [1.54, 1.807) is 7.11 Å². The van der Waals surface area contributed by atoms with Gasteiger partial charge in [0.05, 0.1) is 18.5 Å². The van der Waals surface area contributed by atoms with E-state index in [0.717, 1.165) is 25.7 Å². The third kappa shape index (κ3) is 4.18. The number of rotatable bonds is 8. The van der Waals surface area contributed by atoms with E-state index in [2.05, 4.69) is 35.1 Å². The van der Waals surface area contributed by atoms with Gasteiger partial charge in [-0.15, -0.1) is 0 Å². The number of nitrogens with zero attached hydrogens (tertiary/aromatic N) is 2. The molecule has 1 fully saturated rings. The number of hydrogen-bond donors (Lipinski definition) is 1. The van der Waals surface area contributed by atoms with E-state index in [1.807, 2.05) is 12.4 Å². The molecule has 0 aliphatic heterocycles. The van der Waals surface area contributed by atoms with Crippen molar-refractivity contribution in [2.45, 2.75) is 45.3 Å². The summed E-state index contributed by atoms with van der Waals surface area (Å²) in [7, 11) is 1.75. The predicted octanol–water partition coefficient (Wildman–Crippen LogP) is 2.19. The molecular formula is C15H25N3O. The van der Waals surface area contributed by atoms with Crippen LogP contribution in [0.25, 0.3) is 0 Å². The number of aromatic nitrogens is 1. The van der Waals surface area contributed by atoms with Gasteiger partial charge >= 0.3 is 0 Å². The van der Waals surface area contributed by atoms with Gasteiger partial charge in [-0.1, -0.05) is 0 Å². The molecule has 1 N–H and O–H groups in total. The summed E-state index contributed by atoms with van der Waals surface area (Å²) in [5, 5.41) is 3.58. The van der Waals surface area contributed by atoms with Crippen molar-refractivity contribution in [1.82, 2.24) is 10.3 Å². The van der Waals surface area contributed by atoms with Crippen LogP contribution < -0.4 is 10.2 Å². The fraction of sp³-hybridized carbons (Fsp3) is 0.667. The van der Waals surface area contributed by atoms with E-state index in [4.69, 9.17) is 4.74 Å². The van der Waals surface area contributed by atoms with Gasteiger partial charge in [0.15, 0.2) is 0 Å². The molecule has 4 nitrogen and oxygen atoms in total. The topological polar surface area (TPSA) is 37.4 Å². The van der Waals surface area contributed by atoms with Gasteiger partial charge in [-0.05, 0) is 38.3 Å². The van der Waals surface area contributed by atoms with Crippen molar-refractivity contribution in [3.05, 3.63) is 24.0 Å². The maximum absolute atomic E-state index is 5.21. The van der Waals surface area contributed by atoms with Crippen molar-refractivity contribution < 1.29 is 4.74 Å². The van der Waals surface area contributed by atoms with Gasteiger partial charge in [0.25, 0.3) is 0 Å². The van der Waals surface area contributed by atoms with Gasteiger partial charge < -0.3 is 15.0 Å². The zero-order chi connectivity index (χ0) is 13.7. The number of ether oxygens (including phenoxy) is 1. The fourth-order valence-corrected chi connectivity index (χ4v) is 2.21. The summed E-state index contributed by atoms with van der Waals surface area (Å²) < 4.78 is 5.21. The molecule has 106 valence electrons. The van der Waals surface area contributed by atoms with E-state index in [9.17, 15) is 0 Å². The second-order valence-electron chi connectivity index (χ2n) is 5.44. The number of pyridine rings is 1. The highest BCUT2D eigenvalue weighted by molar-refractivity contribution is 5.52. The Kier molecular flexibility index (Phi) is 5.16. The zero-order valence-electron chi connectivity index (χ0n) is 12.2. The summed E-state index contributed by atoms with van der Waals surface area (Å²) in [5.41, 5.74) is 2.55. The van der Waals surface area contributed by atoms with Gasteiger partial charge in [0.2, 0.25) is 0 Å². The van der Waals surface area contributed by atoms with Crippen LogP contribution in [-0.2, 0) is 11.3 Å². The van der Waals surface area contributed by atoms with Crippen molar-refractivity contribution in [2.75, 3.05) is 25.2 Å². The van der Waals surface area contributed by atoms with E-state index in [1.165, 1.54) is 24.1 Å². The minimum atomic E-state index is 0.444. The highest BCUT2D eigenvalue weighted by Gasteiger charge is 2.21. The number of methoxy groups -OCH3 is 1. The Hall–Kier alpha value is -1.13. The molecule has 4 heteroatoms. The van der Waals surface area contributed by atoms with Crippen LogP contribution in [0.5, 0.6) is 0 Å². The largest absolute Gasteiger partial charge is 0.383 e. The Bertz CT molecular complexity index is 391. The van der Waals surface area contributed by atoms with Crippen LogP contribution in [0.4, 0.5) is 5.69 Å². The minimum Gasteiger partial charge on any atom is -0.383 e. The molecule has 0 amide bonds. The van der Waals surface area contributed by atoms with Crippen LogP contribution in [0.1, 0.15) is 32.3 Å². The molecule has 1 heterocycles. The average Bonchev–Trinajstić information content (AvgIpc) is 3.21. The van der Waals surface area contributed by atoms with Gasteiger partial charge in [0.1, 0.15) is 0 Å². The lowest BCUT2D eigenvalue weighted by Gasteiger charge is -2.30. The first-order valence-electron chi connectivity index (χ1n) is 7.14. The lowest BCUT2D eigenvalue weighted by molar-refractivity contribution is 0.203. The highest BCUT2D eigenvalue weighted by Crippen LogP contribution is 2.24. The highest BCUT2D eigenvalue weighted by atomic mass is 16.5. The first-order chi connectivity index (χ1) is 9.22. The molecule has 19 heavy (non-hydrogen) atoms. The summed E-state index contributed by atoms with van der Waals surface area (Å²) in [6.45, 7) is 6.99. The van der Waals surface area contributed by atoms with Crippen LogP contribution in [-0.4, -0.2) is 37.3 Å². The molecule has 1 aliphatic rings. The van der Waals surface area contributed by atoms with Gasteiger partial charge in [0, 0.05) is 38.5 Å². The first kappa shape index (κ1) is 14.3. The SMILES string of the molecule is COCCN(c1cnccc1CNC1CC1)C(C)C. The van der Waals surface area contributed by atoms with Crippen LogP contribution in [0.15, 0.2) is 18.5 Å². The number of anilines is 1. The molecule has 1 saturated carbocycles. The molecule has 0 unspecified atom stereocenters. The Labute approximate surface area is 116 Å². The second-order valence-corrected chi connectivity index (χ2v) is 5.44. The van der Waals surface area contributed by atoms with Crippen molar-refractivity contribution in [1.29, 1.82) is 0 Å². The van der Waals surface area contributed by atoms with E-state index < -0.39 is 0 Å². The third-order valence-electron chi connectivity index (χ3n) is 3.52. The van der Waals surface area contributed by atoms with Gasteiger partial charge in [-0.2, -0.15) is 0 Å². The summed E-state index contributed by atoms with van der Waals surface area (Å²) in [4.78, 5) is 6.65. The molecule has 1 aliphatic carbocycles. The van der Waals surface area contributed by atoms with Crippen LogP contribution in [0.3, 0.4) is 0 Å². The lowest BCUT2D eigenvalue weighted by Crippen LogP contribution is -2.35. The quantitative estimate of drug-likeness (QED) is 0.780. The minimum absolute atomic E-state index is 0.444.